The molecule has 7 aromatic rings. The number of carbonyl (C=O) groups is 8. The molecule has 7 aromatic carbocycles. The summed E-state index contributed by atoms with van der Waals surface area (Å²) in [5, 5.41) is 108. The number of aliphatic hydroxyl groups excluding tert-OH is 1. The van der Waals surface area contributed by atoms with Crippen molar-refractivity contribution in [3.63, 3.8) is 0 Å². The van der Waals surface area contributed by atoms with Crippen LogP contribution in [0.15, 0.2) is 115 Å². The first kappa shape index (κ1) is 62.4. The third-order valence-corrected chi connectivity index (χ3v) is 15.7. The van der Waals surface area contributed by atoms with Crippen LogP contribution in [0.3, 0.4) is 0 Å². The van der Waals surface area contributed by atoms with E-state index in [0.29, 0.717) is 0 Å². The van der Waals surface area contributed by atoms with Crippen molar-refractivity contribution in [3.8, 4) is 80.1 Å². The first-order valence-electron chi connectivity index (χ1n) is 27.8. The maximum absolute atomic E-state index is 15.8. The molecule has 0 spiro atoms. The van der Waals surface area contributed by atoms with Gasteiger partial charge in [-0.3, -0.25) is 28.8 Å². The maximum atomic E-state index is 15.8. The Morgan fingerprint density at radius 1 is 0.533 bits per heavy atom. The van der Waals surface area contributed by atoms with Gasteiger partial charge in [0.25, 0.3) is 0 Å². The number of hydrogen-bond acceptors (Lipinski definition) is 19. The Morgan fingerprint density at radius 2 is 1.11 bits per heavy atom. The Balaban J connectivity index is 1.13. The summed E-state index contributed by atoms with van der Waals surface area (Å²) in [7, 11) is 0. The summed E-state index contributed by atoms with van der Waals surface area (Å²) >= 11 is 13.7. The fourth-order valence-corrected chi connectivity index (χ4v) is 11.2. The van der Waals surface area contributed by atoms with E-state index in [0.717, 1.165) is 66.7 Å². The van der Waals surface area contributed by atoms with Crippen LogP contribution in [-0.4, -0.2) is 106 Å². The molecule has 0 saturated heterocycles. The molecule has 6 aliphatic heterocycles. The van der Waals surface area contributed by atoms with Crippen molar-refractivity contribution < 1.29 is 98.2 Å². The van der Waals surface area contributed by atoms with Crippen molar-refractivity contribution in [2.75, 3.05) is 0 Å². The predicted molar refractivity (Wildman–Crippen MR) is 320 cm³/mol. The van der Waals surface area contributed by atoms with Gasteiger partial charge in [0.2, 0.25) is 41.2 Å². The van der Waals surface area contributed by atoms with Gasteiger partial charge in [0.05, 0.1) is 10.0 Å². The van der Waals surface area contributed by atoms with Crippen LogP contribution in [0.25, 0.3) is 11.1 Å². The summed E-state index contributed by atoms with van der Waals surface area (Å²) in [5.41, 5.74) is -3.43. The van der Waals surface area contributed by atoms with Crippen molar-refractivity contribution in [3.05, 3.63) is 164 Å². The molecule has 0 aromatic heterocycles. The first-order chi connectivity index (χ1) is 43.5. The number of carboxylic acid groups (broad SMARTS) is 1. The topological polar surface area (TPSA) is 420 Å². The van der Waals surface area contributed by atoms with Crippen LogP contribution >= 0.6 is 23.2 Å². The molecule has 92 heavy (non-hydrogen) atoms. The fourth-order valence-electron chi connectivity index (χ4n) is 10.8. The molecule has 0 radical (unpaired) electrons. The lowest BCUT2D eigenvalue weighted by atomic mass is 9.89. The van der Waals surface area contributed by atoms with E-state index in [1.165, 1.54) is 48.5 Å². The summed E-state index contributed by atoms with van der Waals surface area (Å²) in [4.78, 5) is 118. The number of fused-ring (bicyclic) bond motifs is 14. The smallest absolute Gasteiger partial charge is 0.408 e. The molecule has 13 rings (SSSR count). The highest BCUT2D eigenvalue weighted by Crippen LogP contribution is 2.48. The third-order valence-electron chi connectivity index (χ3n) is 15.1. The van der Waals surface area contributed by atoms with Crippen molar-refractivity contribution in [2.45, 2.75) is 81.2 Å². The molecule has 29 heteroatoms. The second-order valence-corrected chi connectivity index (χ2v) is 23.5. The van der Waals surface area contributed by atoms with E-state index in [1.54, 1.807) is 20.8 Å². The van der Waals surface area contributed by atoms with Gasteiger partial charge < -0.3 is 97.0 Å². The van der Waals surface area contributed by atoms with Crippen molar-refractivity contribution in [1.29, 1.82) is 0 Å². The minimum Gasteiger partial charge on any atom is -0.508 e. The van der Waals surface area contributed by atoms with Crippen LogP contribution in [-0.2, 0) is 44.7 Å². The summed E-state index contributed by atoms with van der Waals surface area (Å²) in [6.45, 7) is 4.71. The molecule has 0 aliphatic carbocycles. The van der Waals surface area contributed by atoms with Crippen LogP contribution in [0, 0.1) is 0 Å². The van der Waals surface area contributed by atoms with Crippen LogP contribution in [0.4, 0.5) is 4.79 Å². The molecule has 6 aliphatic rings. The second kappa shape index (κ2) is 24.3. The number of aromatic hydroxyl groups is 6. The van der Waals surface area contributed by atoms with Gasteiger partial charge in [0, 0.05) is 35.2 Å². The number of rotatable bonds is 2. The van der Waals surface area contributed by atoms with E-state index in [9.17, 15) is 60.0 Å². The zero-order valence-electron chi connectivity index (χ0n) is 48.0. The Labute approximate surface area is 529 Å². The van der Waals surface area contributed by atoms with Crippen molar-refractivity contribution in [2.24, 2.45) is 0 Å². The Kier molecular flexibility index (Phi) is 16.5. The minimum atomic E-state index is -2.22. The lowest BCUT2D eigenvalue weighted by molar-refractivity contribution is -0.143. The van der Waals surface area contributed by atoms with Gasteiger partial charge in [-0.15, -0.1) is 0 Å². The van der Waals surface area contributed by atoms with E-state index in [2.05, 4.69) is 37.2 Å². The molecule has 15 N–H and O–H groups in total. The highest BCUT2D eigenvalue weighted by molar-refractivity contribution is 6.32. The molecular weight excluding hydrogens is 1250 g/mol. The molecule has 7 amide bonds. The number of nitrogens with one attached hydrogen (secondary N) is 7. The highest BCUT2D eigenvalue weighted by atomic mass is 35.5. The number of amides is 7. The average molecular weight is 1300 g/mol. The molecule has 6 heterocycles. The van der Waals surface area contributed by atoms with Crippen molar-refractivity contribution >= 4 is 70.7 Å². The number of alkyl carbamates (subject to hydrolysis) is 1. The molecular formula is C63H53Cl2N7O20. The molecule has 8 atom stereocenters. The summed E-state index contributed by atoms with van der Waals surface area (Å²) < 4.78 is 24.0. The number of aliphatic hydroxyl groups is 1. The number of aliphatic carboxylic acids is 1. The minimum absolute atomic E-state index is 0.00938. The monoisotopic (exact) mass is 1300 g/mol. The molecule has 7 unspecified atom stereocenters. The van der Waals surface area contributed by atoms with Gasteiger partial charge >= 0.3 is 12.1 Å². The van der Waals surface area contributed by atoms with Gasteiger partial charge in [-0.2, -0.15) is 0 Å². The third kappa shape index (κ3) is 12.7. The zero-order chi connectivity index (χ0) is 65.9. The number of ether oxygens (including phenoxy) is 4. The lowest BCUT2D eigenvalue weighted by Crippen LogP contribution is -2.55. The number of phenolic OH excluding ortho intramolecular Hbond substituents is 6. The summed E-state index contributed by atoms with van der Waals surface area (Å²) in [5.74, 6) is -15.7. The average Bonchev–Trinajstić information content (AvgIpc) is 0.784. The number of halogens is 2. The van der Waals surface area contributed by atoms with Crippen LogP contribution < -0.4 is 51.4 Å². The Hall–Kier alpha value is -11.2. The molecule has 17 bridgehead atoms. The number of carbonyl (C=O) groups excluding carboxylic acids is 7. The van der Waals surface area contributed by atoms with E-state index in [-0.39, 0.29) is 66.4 Å². The quantitative estimate of drug-likeness (QED) is 0.0872. The molecule has 27 nitrogen and oxygen atoms in total. The zero-order valence-corrected chi connectivity index (χ0v) is 49.5. The van der Waals surface area contributed by atoms with Crippen LogP contribution in [0.2, 0.25) is 10.0 Å². The van der Waals surface area contributed by atoms with E-state index >= 15 is 19.2 Å². The number of phenols is 6. The van der Waals surface area contributed by atoms with E-state index in [1.807, 2.05) is 0 Å². The summed E-state index contributed by atoms with van der Waals surface area (Å²) in [6.07, 6.45) is -3.67. The normalized spacial score (nSPS) is 21.3. The molecule has 0 fully saturated rings. The Bertz CT molecular complexity index is 4290. The van der Waals surface area contributed by atoms with Gasteiger partial charge in [-0.25, -0.2) is 9.59 Å². The van der Waals surface area contributed by atoms with E-state index < -0.39 is 171 Å². The number of carboxylic acids is 1. The number of hydrogen-bond donors (Lipinski definition) is 15. The summed E-state index contributed by atoms with van der Waals surface area (Å²) in [6, 6.07) is 7.18. The second-order valence-electron chi connectivity index (χ2n) is 22.7. The van der Waals surface area contributed by atoms with Crippen molar-refractivity contribution in [1.82, 2.24) is 37.2 Å². The van der Waals surface area contributed by atoms with Gasteiger partial charge in [-0.05, 0) is 133 Å². The predicted octanol–water partition coefficient (Wildman–Crippen LogP) is 6.55. The first-order valence-corrected chi connectivity index (χ1v) is 28.6. The molecule has 0 saturated carbocycles. The Morgan fingerprint density at radius 3 is 1.76 bits per heavy atom. The highest BCUT2D eigenvalue weighted by Gasteiger charge is 2.42. The van der Waals surface area contributed by atoms with Crippen LogP contribution in [0.5, 0.6) is 69.0 Å². The lowest BCUT2D eigenvalue weighted by Gasteiger charge is -2.31. The SMILES string of the molecule is CC(C)(C)OC(=O)NC1C(=O)NC2Cc3ccc(c(Cl)c3)Oc3cc4cc(c3O)Oc3ccc(cc3Cl)C(O)C3NC(=O)C(NC(=O)C4NC(=O)C(NC2=O)c2cc(O)cc(c2)Oc2cc1ccc2O)c1ccc(O)c(c1)-c1c(O)cc(O)cc1[C@H](C(=O)O)NC3=O. The molecule has 474 valence electrons. The largest absolute Gasteiger partial charge is 0.508 e. The van der Waals surface area contributed by atoms with Crippen LogP contribution in [0.1, 0.15) is 96.0 Å². The maximum Gasteiger partial charge on any atom is 0.408 e. The van der Waals surface area contributed by atoms with E-state index in [4.69, 9.17) is 42.1 Å². The fraction of sp³-hybridized carbons (Fsp3) is 0.206. The van der Waals surface area contributed by atoms with Gasteiger partial charge in [0.1, 0.15) is 88.2 Å². The standard InChI is InChI=1S/C63H53Cl2N7O20/c1-63(2,3)92-62(88)72-48-26-6-9-39(76)43(18-26)89-32-15-28(14-30(73)21-32)49-58(83)69-50-29-19-44(90-41-10-4-24(12-35(41)64)13-37(55(80)67-49)66-56(48)81)54(79)45(20-29)91-42-11-7-27(17-36(42)65)53(78)52-60(85)70-51(61(86)87)34-22-31(74)23-40(77)46(34)33-16-25(5-8-38(33)75)47(57(82)71-52)68-59(50)84/h4-12,14-23,37,47-53,73-79H,13H2,1-3H3,(H,66,81)(H,67,80)(H,68,84)(H,69,83)(H,70,85)(H,71,82)(H,72,88)(H,86,87)/t37?,47?,48?,49?,50?,51-,52?,53?/m1/s1. The van der Waals surface area contributed by atoms with Gasteiger partial charge in [-0.1, -0.05) is 47.5 Å². The number of benzene rings is 7. The van der Waals surface area contributed by atoms with Gasteiger partial charge in [0.15, 0.2) is 29.0 Å².